The molecule has 0 aliphatic carbocycles. The quantitative estimate of drug-likeness (QED) is 0.703. The molecule has 1 saturated heterocycles. The van der Waals surface area contributed by atoms with Crippen molar-refractivity contribution in [2.24, 2.45) is 0 Å². The van der Waals surface area contributed by atoms with Crippen LogP contribution in [0.15, 0.2) is 53.4 Å². The van der Waals surface area contributed by atoms with E-state index in [1.807, 2.05) is 4.90 Å². The molecule has 0 bridgehead atoms. The fraction of sp³-hybridized carbons (Fsp3) is 0.300. The number of hydrogen-bond donors (Lipinski definition) is 2. The number of rotatable bonds is 6. The predicted octanol–water partition coefficient (Wildman–Crippen LogP) is 2.24. The van der Waals surface area contributed by atoms with Gasteiger partial charge in [0.15, 0.2) is 0 Å². The van der Waals surface area contributed by atoms with E-state index in [1.54, 1.807) is 36.4 Å². The summed E-state index contributed by atoms with van der Waals surface area (Å²) in [4.78, 5) is 25.5. The zero-order valence-corrected chi connectivity index (χ0v) is 18.0. The summed E-state index contributed by atoms with van der Waals surface area (Å²) in [5, 5.41) is 5.95. The van der Waals surface area contributed by atoms with E-state index in [-0.39, 0.29) is 23.3 Å². The van der Waals surface area contributed by atoms with Crippen molar-refractivity contribution >= 4 is 44.8 Å². The van der Waals surface area contributed by atoms with E-state index in [4.69, 9.17) is 11.6 Å². The number of anilines is 2. The molecule has 2 amide bonds. The highest BCUT2D eigenvalue weighted by molar-refractivity contribution is 7.89. The standard InChI is InChI=1S/C20H23ClN4O4S/c1-15(26)22-17-4-6-18(7-5-17)23-20(27)14-24-10-12-25(13-11-24)30(28,29)19-8-2-16(21)3-9-19/h2-9H,10-14H2,1H3,(H,22,26)(H,23,27). The molecule has 0 saturated carbocycles. The minimum atomic E-state index is -3.57. The van der Waals surface area contributed by atoms with E-state index in [2.05, 4.69) is 10.6 Å². The Morgan fingerprint density at radius 2 is 1.43 bits per heavy atom. The Bertz CT molecular complexity index is 1000. The van der Waals surface area contributed by atoms with Gasteiger partial charge in [0.25, 0.3) is 0 Å². The van der Waals surface area contributed by atoms with Gasteiger partial charge in [-0.15, -0.1) is 0 Å². The van der Waals surface area contributed by atoms with Crippen LogP contribution in [0.5, 0.6) is 0 Å². The van der Waals surface area contributed by atoms with Crippen LogP contribution in [0.25, 0.3) is 0 Å². The highest BCUT2D eigenvalue weighted by Gasteiger charge is 2.29. The maximum Gasteiger partial charge on any atom is 0.243 e. The monoisotopic (exact) mass is 450 g/mol. The Kier molecular flexibility index (Phi) is 7.09. The summed E-state index contributed by atoms with van der Waals surface area (Å²) in [7, 11) is -3.57. The molecule has 1 heterocycles. The summed E-state index contributed by atoms with van der Waals surface area (Å²) in [5.74, 6) is -0.347. The SMILES string of the molecule is CC(=O)Nc1ccc(NC(=O)CN2CCN(S(=O)(=O)c3ccc(Cl)cc3)CC2)cc1. The Labute approximate surface area is 180 Å². The lowest BCUT2D eigenvalue weighted by Gasteiger charge is -2.33. The highest BCUT2D eigenvalue weighted by Crippen LogP contribution is 2.20. The van der Waals surface area contributed by atoms with Crippen LogP contribution >= 0.6 is 11.6 Å². The molecule has 1 fully saturated rings. The van der Waals surface area contributed by atoms with E-state index in [0.717, 1.165) is 0 Å². The normalized spacial score (nSPS) is 15.5. The third-order valence-corrected chi connectivity index (χ3v) is 6.80. The third kappa shape index (κ3) is 5.79. The van der Waals surface area contributed by atoms with E-state index < -0.39 is 10.0 Å². The van der Waals surface area contributed by atoms with Crippen LogP contribution < -0.4 is 10.6 Å². The van der Waals surface area contributed by atoms with Crippen LogP contribution in [-0.4, -0.2) is 62.2 Å². The third-order valence-electron chi connectivity index (χ3n) is 4.64. The van der Waals surface area contributed by atoms with Gasteiger partial charge in [0, 0.05) is 49.5 Å². The van der Waals surface area contributed by atoms with Crippen molar-refractivity contribution in [1.29, 1.82) is 0 Å². The molecule has 2 aromatic carbocycles. The number of sulfonamides is 1. The molecule has 30 heavy (non-hydrogen) atoms. The molecule has 0 unspecified atom stereocenters. The topological polar surface area (TPSA) is 98.8 Å². The fourth-order valence-corrected chi connectivity index (χ4v) is 4.68. The maximum atomic E-state index is 12.7. The zero-order chi connectivity index (χ0) is 21.7. The van der Waals surface area contributed by atoms with Gasteiger partial charge in [-0.3, -0.25) is 14.5 Å². The number of carbonyl (C=O) groups excluding carboxylic acids is 2. The molecule has 2 aromatic rings. The lowest BCUT2D eigenvalue weighted by molar-refractivity contribution is -0.117. The molecule has 0 spiro atoms. The van der Waals surface area contributed by atoms with Crippen molar-refractivity contribution in [1.82, 2.24) is 9.21 Å². The lowest BCUT2D eigenvalue weighted by Crippen LogP contribution is -2.50. The van der Waals surface area contributed by atoms with Crippen LogP contribution in [0, 0.1) is 0 Å². The van der Waals surface area contributed by atoms with Crippen LogP contribution in [0.3, 0.4) is 0 Å². The molecule has 10 heteroatoms. The number of nitrogens with one attached hydrogen (secondary N) is 2. The number of amides is 2. The molecule has 1 aliphatic heterocycles. The first kappa shape index (κ1) is 22.2. The van der Waals surface area contributed by atoms with Gasteiger partial charge >= 0.3 is 0 Å². The average Bonchev–Trinajstić information content (AvgIpc) is 2.70. The Hall–Kier alpha value is -2.46. The summed E-state index contributed by atoms with van der Waals surface area (Å²) in [6.07, 6.45) is 0. The van der Waals surface area contributed by atoms with E-state index >= 15 is 0 Å². The molecule has 3 rings (SSSR count). The van der Waals surface area contributed by atoms with Gasteiger partial charge in [0.2, 0.25) is 21.8 Å². The van der Waals surface area contributed by atoms with Crippen LogP contribution in [-0.2, 0) is 19.6 Å². The van der Waals surface area contributed by atoms with Gasteiger partial charge in [-0.1, -0.05) is 11.6 Å². The Morgan fingerprint density at radius 3 is 1.97 bits per heavy atom. The number of nitrogens with zero attached hydrogens (tertiary/aromatic N) is 2. The minimum Gasteiger partial charge on any atom is -0.326 e. The molecular formula is C20H23ClN4O4S. The number of hydrogen-bond acceptors (Lipinski definition) is 5. The molecule has 1 aliphatic rings. The molecule has 0 aromatic heterocycles. The second kappa shape index (κ2) is 9.57. The lowest BCUT2D eigenvalue weighted by atomic mass is 10.2. The van der Waals surface area contributed by atoms with Gasteiger partial charge in [-0.25, -0.2) is 8.42 Å². The molecule has 0 atom stereocenters. The van der Waals surface area contributed by atoms with Crippen LogP contribution in [0.1, 0.15) is 6.92 Å². The first-order chi connectivity index (χ1) is 14.2. The van der Waals surface area contributed by atoms with Gasteiger partial charge < -0.3 is 10.6 Å². The summed E-state index contributed by atoms with van der Waals surface area (Å²) in [6, 6.07) is 12.9. The van der Waals surface area contributed by atoms with Crippen molar-refractivity contribution in [2.45, 2.75) is 11.8 Å². The van der Waals surface area contributed by atoms with Gasteiger partial charge in [-0.05, 0) is 48.5 Å². The number of carbonyl (C=O) groups is 2. The largest absolute Gasteiger partial charge is 0.326 e. The average molecular weight is 451 g/mol. The first-order valence-electron chi connectivity index (χ1n) is 9.39. The fourth-order valence-electron chi connectivity index (χ4n) is 3.13. The summed E-state index contributed by atoms with van der Waals surface area (Å²) in [5.41, 5.74) is 1.27. The van der Waals surface area contributed by atoms with Crippen molar-refractivity contribution in [3.63, 3.8) is 0 Å². The Morgan fingerprint density at radius 1 is 0.900 bits per heavy atom. The summed E-state index contributed by atoms with van der Waals surface area (Å²) >= 11 is 5.83. The smallest absolute Gasteiger partial charge is 0.243 e. The molecule has 160 valence electrons. The number of benzene rings is 2. The van der Waals surface area contributed by atoms with E-state index in [1.165, 1.54) is 23.4 Å². The van der Waals surface area contributed by atoms with Gasteiger partial charge in [0.05, 0.1) is 11.4 Å². The van der Waals surface area contributed by atoms with Crippen molar-refractivity contribution in [3.05, 3.63) is 53.6 Å². The van der Waals surface area contributed by atoms with Crippen molar-refractivity contribution < 1.29 is 18.0 Å². The molecule has 0 radical (unpaired) electrons. The molecular weight excluding hydrogens is 428 g/mol. The van der Waals surface area contributed by atoms with E-state index in [0.29, 0.717) is 42.6 Å². The Balaban J connectivity index is 1.50. The van der Waals surface area contributed by atoms with Gasteiger partial charge in [-0.2, -0.15) is 4.31 Å². The molecule has 8 nitrogen and oxygen atoms in total. The minimum absolute atomic E-state index is 0.163. The summed E-state index contributed by atoms with van der Waals surface area (Å²) < 4.78 is 26.9. The van der Waals surface area contributed by atoms with Crippen molar-refractivity contribution in [2.75, 3.05) is 43.4 Å². The number of piperazine rings is 1. The second-order valence-electron chi connectivity index (χ2n) is 6.94. The maximum absolute atomic E-state index is 12.7. The second-order valence-corrected chi connectivity index (χ2v) is 9.32. The first-order valence-corrected chi connectivity index (χ1v) is 11.2. The van der Waals surface area contributed by atoms with Crippen molar-refractivity contribution in [3.8, 4) is 0 Å². The molecule has 2 N–H and O–H groups in total. The zero-order valence-electron chi connectivity index (χ0n) is 16.5. The van der Waals surface area contributed by atoms with Gasteiger partial charge in [0.1, 0.15) is 0 Å². The number of halogens is 1. The van der Waals surface area contributed by atoms with Crippen LogP contribution in [0.4, 0.5) is 11.4 Å². The van der Waals surface area contributed by atoms with Crippen LogP contribution in [0.2, 0.25) is 5.02 Å². The van der Waals surface area contributed by atoms with E-state index in [9.17, 15) is 18.0 Å². The summed E-state index contributed by atoms with van der Waals surface area (Å²) in [6.45, 7) is 3.13. The predicted molar refractivity (Wildman–Crippen MR) is 116 cm³/mol. The highest BCUT2D eigenvalue weighted by atomic mass is 35.5.